The van der Waals surface area contributed by atoms with Gasteiger partial charge in [0.15, 0.2) is 0 Å². The molecule has 0 saturated heterocycles. The zero-order valence-corrected chi connectivity index (χ0v) is 8.93. The van der Waals surface area contributed by atoms with Crippen LogP contribution in [-0.4, -0.2) is 18.3 Å². The summed E-state index contributed by atoms with van der Waals surface area (Å²) >= 11 is 1.62. The van der Waals surface area contributed by atoms with Crippen molar-refractivity contribution in [2.24, 2.45) is 0 Å². The molecule has 2 nitrogen and oxygen atoms in total. The fraction of sp³-hybridized carbons (Fsp3) is 0.600. The first-order chi connectivity index (χ1) is 6.25. The van der Waals surface area contributed by atoms with Crippen LogP contribution in [0.2, 0.25) is 0 Å². The summed E-state index contributed by atoms with van der Waals surface area (Å²) in [6.45, 7) is 5.20. The van der Waals surface area contributed by atoms with E-state index >= 15 is 0 Å². The predicted molar refractivity (Wildman–Crippen MR) is 55.1 cm³/mol. The van der Waals surface area contributed by atoms with E-state index < -0.39 is 6.10 Å². The van der Waals surface area contributed by atoms with Crippen LogP contribution in [0.5, 0.6) is 0 Å². The molecule has 0 aromatic carbocycles. The Balaban J connectivity index is 2.39. The molecule has 0 aliphatic rings. The van der Waals surface area contributed by atoms with Crippen LogP contribution in [0.25, 0.3) is 0 Å². The molecule has 0 radical (unpaired) electrons. The largest absolute Gasteiger partial charge is 0.386 e. The third kappa shape index (κ3) is 3.10. The molecule has 3 heteroatoms. The van der Waals surface area contributed by atoms with Crippen molar-refractivity contribution in [3.8, 4) is 0 Å². The molecule has 0 fully saturated rings. The van der Waals surface area contributed by atoms with Crippen molar-refractivity contribution in [3.63, 3.8) is 0 Å². The van der Waals surface area contributed by atoms with Crippen molar-refractivity contribution in [2.45, 2.75) is 26.4 Å². The second-order valence-electron chi connectivity index (χ2n) is 3.10. The van der Waals surface area contributed by atoms with Gasteiger partial charge in [0.1, 0.15) is 6.10 Å². The maximum absolute atomic E-state index is 9.70. The molecule has 1 unspecified atom stereocenters. The summed E-state index contributed by atoms with van der Waals surface area (Å²) in [5.74, 6) is 0. The van der Waals surface area contributed by atoms with E-state index in [9.17, 15) is 5.11 Å². The quantitative estimate of drug-likeness (QED) is 0.740. The van der Waals surface area contributed by atoms with Crippen LogP contribution >= 0.6 is 11.3 Å². The molecule has 0 spiro atoms. The van der Waals surface area contributed by atoms with Crippen molar-refractivity contribution in [1.29, 1.82) is 0 Å². The predicted octanol–water partition coefficient (Wildman–Crippen LogP) is 2.52. The Bertz CT molecular complexity index is 245. The van der Waals surface area contributed by atoms with Gasteiger partial charge >= 0.3 is 0 Å². The third-order valence-corrected chi connectivity index (χ3v) is 2.76. The van der Waals surface area contributed by atoms with Gasteiger partial charge < -0.3 is 9.84 Å². The number of aliphatic hydroxyl groups is 1. The number of hydrogen-bond donors (Lipinski definition) is 1. The zero-order valence-electron chi connectivity index (χ0n) is 8.12. The summed E-state index contributed by atoms with van der Waals surface area (Å²) in [7, 11) is 0. The van der Waals surface area contributed by atoms with Gasteiger partial charge in [-0.2, -0.15) is 11.3 Å². The first-order valence-corrected chi connectivity index (χ1v) is 5.48. The highest BCUT2D eigenvalue weighted by atomic mass is 32.1. The number of thiophene rings is 1. The lowest BCUT2D eigenvalue weighted by molar-refractivity contribution is 0.0363. The first kappa shape index (κ1) is 10.7. The highest BCUT2D eigenvalue weighted by molar-refractivity contribution is 7.08. The Kier molecular flexibility index (Phi) is 4.42. The summed E-state index contributed by atoms with van der Waals surface area (Å²) in [5, 5.41) is 13.7. The summed E-state index contributed by atoms with van der Waals surface area (Å²) in [5.41, 5.74) is 2.15. The fourth-order valence-electron chi connectivity index (χ4n) is 1.14. The van der Waals surface area contributed by atoms with Crippen LogP contribution in [0.1, 0.15) is 30.6 Å². The van der Waals surface area contributed by atoms with Gasteiger partial charge in [0.05, 0.1) is 6.61 Å². The summed E-state index contributed by atoms with van der Waals surface area (Å²) in [4.78, 5) is 0. The third-order valence-electron chi connectivity index (χ3n) is 1.88. The standard InChI is InChI=1S/C10H16O2S/c1-3-4-12-5-10(11)9-7-13-6-8(9)2/h6-7,10-11H,3-5H2,1-2H3. The van der Waals surface area contributed by atoms with Crippen LogP contribution in [-0.2, 0) is 4.74 Å². The Morgan fingerprint density at radius 2 is 2.31 bits per heavy atom. The second-order valence-corrected chi connectivity index (χ2v) is 3.84. The van der Waals surface area contributed by atoms with Gasteiger partial charge in [-0.25, -0.2) is 0 Å². The Morgan fingerprint density at radius 1 is 1.54 bits per heavy atom. The molecular formula is C10H16O2S. The number of aryl methyl sites for hydroxylation is 1. The molecule has 0 aliphatic heterocycles. The maximum atomic E-state index is 9.70. The highest BCUT2D eigenvalue weighted by Gasteiger charge is 2.10. The number of hydrogen-bond acceptors (Lipinski definition) is 3. The Labute approximate surface area is 83.2 Å². The molecule has 1 aromatic heterocycles. The van der Waals surface area contributed by atoms with Gasteiger partial charge in [0.2, 0.25) is 0 Å². The van der Waals surface area contributed by atoms with Crippen molar-refractivity contribution in [1.82, 2.24) is 0 Å². The van der Waals surface area contributed by atoms with Gasteiger partial charge in [-0.15, -0.1) is 0 Å². The molecule has 1 N–H and O–H groups in total. The van der Waals surface area contributed by atoms with E-state index in [2.05, 4.69) is 6.92 Å². The lowest BCUT2D eigenvalue weighted by atomic mass is 10.1. The van der Waals surface area contributed by atoms with Crippen LogP contribution < -0.4 is 0 Å². The minimum absolute atomic E-state index is 0.408. The SMILES string of the molecule is CCCOCC(O)c1cscc1C. The smallest absolute Gasteiger partial charge is 0.103 e. The van der Waals surface area contributed by atoms with Gasteiger partial charge in [-0.05, 0) is 35.2 Å². The van der Waals surface area contributed by atoms with Crippen LogP contribution in [0.3, 0.4) is 0 Å². The first-order valence-electron chi connectivity index (χ1n) is 4.54. The Morgan fingerprint density at radius 3 is 2.85 bits per heavy atom. The monoisotopic (exact) mass is 200 g/mol. The van der Waals surface area contributed by atoms with Crippen molar-refractivity contribution in [3.05, 3.63) is 21.9 Å². The molecule has 1 rings (SSSR count). The summed E-state index contributed by atoms with van der Waals surface area (Å²) in [6, 6.07) is 0. The van der Waals surface area contributed by atoms with Gasteiger partial charge in [0.25, 0.3) is 0 Å². The average Bonchev–Trinajstić information content (AvgIpc) is 2.52. The average molecular weight is 200 g/mol. The van der Waals surface area contributed by atoms with E-state index in [0.29, 0.717) is 6.61 Å². The zero-order chi connectivity index (χ0) is 9.68. The van der Waals surface area contributed by atoms with Gasteiger partial charge in [-0.3, -0.25) is 0 Å². The van der Waals surface area contributed by atoms with Gasteiger partial charge in [0, 0.05) is 6.61 Å². The molecule has 0 bridgehead atoms. The fourth-order valence-corrected chi connectivity index (χ4v) is 2.04. The molecule has 0 saturated carbocycles. The molecular weight excluding hydrogens is 184 g/mol. The van der Waals surface area contributed by atoms with Crippen LogP contribution in [0.15, 0.2) is 10.8 Å². The van der Waals surface area contributed by atoms with Crippen molar-refractivity contribution < 1.29 is 9.84 Å². The number of rotatable bonds is 5. The van der Waals surface area contributed by atoms with Gasteiger partial charge in [-0.1, -0.05) is 6.92 Å². The van der Waals surface area contributed by atoms with Crippen LogP contribution in [0.4, 0.5) is 0 Å². The van der Waals surface area contributed by atoms with Crippen molar-refractivity contribution in [2.75, 3.05) is 13.2 Å². The lowest BCUT2D eigenvalue weighted by Crippen LogP contribution is -2.07. The molecule has 74 valence electrons. The topological polar surface area (TPSA) is 29.5 Å². The Hall–Kier alpha value is -0.380. The molecule has 1 atom stereocenters. The molecule has 13 heavy (non-hydrogen) atoms. The number of ether oxygens (including phenoxy) is 1. The number of aliphatic hydroxyl groups excluding tert-OH is 1. The van der Waals surface area contributed by atoms with E-state index in [4.69, 9.17) is 4.74 Å². The van der Waals surface area contributed by atoms with Crippen molar-refractivity contribution >= 4 is 11.3 Å². The van der Waals surface area contributed by atoms with E-state index in [-0.39, 0.29) is 0 Å². The molecule has 1 heterocycles. The van der Waals surface area contributed by atoms with E-state index in [1.54, 1.807) is 11.3 Å². The van der Waals surface area contributed by atoms with Crippen LogP contribution in [0, 0.1) is 6.92 Å². The maximum Gasteiger partial charge on any atom is 0.103 e. The summed E-state index contributed by atoms with van der Waals surface area (Å²) < 4.78 is 5.28. The second kappa shape index (κ2) is 5.37. The molecule has 0 aliphatic carbocycles. The normalized spacial score (nSPS) is 13.2. The van der Waals surface area contributed by atoms with E-state index in [1.165, 1.54) is 0 Å². The highest BCUT2D eigenvalue weighted by Crippen LogP contribution is 2.21. The van der Waals surface area contributed by atoms with E-state index in [0.717, 1.165) is 24.2 Å². The summed E-state index contributed by atoms with van der Waals surface area (Å²) in [6.07, 6.45) is 0.535. The van der Waals surface area contributed by atoms with E-state index in [1.807, 2.05) is 17.7 Å². The minimum atomic E-state index is -0.460. The lowest BCUT2D eigenvalue weighted by Gasteiger charge is -2.10. The molecule has 0 amide bonds. The minimum Gasteiger partial charge on any atom is -0.386 e. The molecule has 1 aromatic rings.